The average molecular weight is 370 g/mol. The summed E-state index contributed by atoms with van der Waals surface area (Å²) in [6.45, 7) is -0.0380. The second-order valence-electron chi connectivity index (χ2n) is 6.02. The smallest absolute Gasteiger partial charge is 0.245 e. The van der Waals surface area contributed by atoms with Gasteiger partial charge < -0.3 is 9.88 Å². The van der Waals surface area contributed by atoms with Crippen LogP contribution < -0.4 is 5.32 Å². The first-order valence-electron chi connectivity index (χ1n) is 8.04. The molecule has 2 N–H and O–H groups in total. The lowest BCUT2D eigenvalue weighted by Gasteiger charge is -2.05. The van der Waals surface area contributed by atoms with E-state index in [0.717, 1.165) is 23.6 Å². The van der Waals surface area contributed by atoms with E-state index < -0.39 is 11.6 Å². The Morgan fingerprint density at radius 1 is 1.00 bits per heavy atom. The number of H-pyrrole nitrogens is 1. The van der Waals surface area contributed by atoms with Crippen LogP contribution in [0.25, 0.3) is 22.2 Å². The lowest BCUT2D eigenvalue weighted by molar-refractivity contribution is -0.116. The van der Waals surface area contributed by atoms with Crippen molar-refractivity contribution in [3.05, 3.63) is 72.2 Å². The van der Waals surface area contributed by atoms with Gasteiger partial charge in [0.25, 0.3) is 0 Å². The molecule has 4 aromatic rings. The first-order chi connectivity index (χ1) is 13.0. The summed E-state index contributed by atoms with van der Waals surface area (Å²) in [5.41, 5.74) is 1.23. The number of benzene rings is 2. The van der Waals surface area contributed by atoms with Gasteiger partial charge in [0, 0.05) is 23.9 Å². The van der Waals surface area contributed by atoms with Gasteiger partial charge in [-0.2, -0.15) is 5.10 Å². The molecule has 0 fully saturated rings. The minimum absolute atomic E-state index is 0.0380. The van der Waals surface area contributed by atoms with Gasteiger partial charge in [-0.1, -0.05) is 0 Å². The van der Waals surface area contributed by atoms with Gasteiger partial charge in [-0.3, -0.25) is 9.89 Å². The summed E-state index contributed by atoms with van der Waals surface area (Å²) in [6, 6.07) is 10.7. The van der Waals surface area contributed by atoms with Crippen molar-refractivity contribution in [2.24, 2.45) is 0 Å². The second kappa shape index (κ2) is 6.64. The minimum atomic E-state index is -0.711. The van der Waals surface area contributed by atoms with Crippen LogP contribution in [-0.4, -0.2) is 20.7 Å². The van der Waals surface area contributed by atoms with Crippen molar-refractivity contribution in [3.63, 3.8) is 0 Å². The van der Waals surface area contributed by atoms with Gasteiger partial charge >= 0.3 is 0 Å². The Balaban J connectivity index is 1.50. The van der Waals surface area contributed by atoms with Crippen LogP contribution in [-0.2, 0) is 11.3 Å². The van der Waals surface area contributed by atoms with Gasteiger partial charge in [-0.25, -0.2) is 13.2 Å². The Labute approximate surface area is 151 Å². The summed E-state index contributed by atoms with van der Waals surface area (Å²) in [4.78, 5) is 12.3. The molecule has 8 heteroatoms. The number of carbonyl (C=O) groups excluding carboxylic acids is 1. The molecule has 2 aromatic carbocycles. The topological polar surface area (TPSA) is 62.7 Å². The number of rotatable bonds is 4. The number of aromatic nitrogens is 3. The van der Waals surface area contributed by atoms with E-state index in [9.17, 15) is 18.0 Å². The van der Waals surface area contributed by atoms with Crippen LogP contribution in [0.3, 0.4) is 0 Å². The number of carbonyl (C=O) groups is 1. The molecule has 1 amide bonds. The fraction of sp³-hybridized carbons (Fsp3) is 0.0526. The third-order valence-corrected chi connectivity index (χ3v) is 4.07. The van der Waals surface area contributed by atoms with E-state index in [4.69, 9.17) is 0 Å². The highest BCUT2D eigenvalue weighted by Crippen LogP contribution is 2.22. The van der Waals surface area contributed by atoms with Crippen molar-refractivity contribution in [2.45, 2.75) is 6.54 Å². The molecule has 0 atom stereocenters. The van der Waals surface area contributed by atoms with Crippen molar-refractivity contribution in [3.8, 4) is 11.3 Å². The van der Waals surface area contributed by atoms with E-state index in [2.05, 4.69) is 15.5 Å². The van der Waals surface area contributed by atoms with Gasteiger partial charge in [0.2, 0.25) is 5.91 Å². The zero-order valence-corrected chi connectivity index (χ0v) is 13.8. The predicted octanol–water partition coefficient (Wildman–Crippen LogP) is 4.09. The van der Waals surface area contributed by atoms with Crippen LogP contribution in [0.15, 0.2) is 54.7 Å². The molecule has 2 heterocycles. The molecule has 0 bridgehead atoms. The molecule has 0 saturated carbocycles. The number of fused-ring (bicyclic) bond motifs is 1. The third kappa shape index (κ3) is 3.55. The Kier molecular flexibility index (Phi) is 4.15. The maximum absolute atomic E-state index is 13.4. The van der Waals surface area contributed by atoms with Crippen LogP contribution >= 0.6 is 0 Å². The van der Waals surface area contributed by atoms with Crippen molar-refractivity contribution < 1.29 is 18.0 Å². The highest BCUT2D eigenvalue weighted by molar-refractivity contribution is 5.91. The number of nitrogens with one attached hydrogen (secondary N) is 2. The summed E-state index contributed by atoms with van der Waals surface area (Å²) in [5, 5.41) is 9.96. The molecule has 27 heavy (non-hydrogen) atoms. The Hall–Kier alpha value is -3.55. The Bertz CT molecular complexity index is 1130. The number of aromatic amines is 1. The molecule has 0 radical (unpaired) electrons. The van der Waals surface area contributed by atoms with E-state index in [0.29, 0.717) is 11.2 Å². The van der Waals surface area contributed by atoms with Crippen molar-refractivity contribution in [2.75, 3.05) is 5.32 Å². The maximum atomic E-state index is 13.4. The number of amides is 1. The van der Waals surface area contributed by atoms with E-state index in [1.165, 1.54) is 18.2 Å². The quantitative estimate of drug-likeness (QED) is 0.568. The third-order valence-electron chi connectivity index (χ3n) is 4.07. The fourth-order valence-corrected chi connectivity index (χ4v) is 2.88. The largest absolute Gasteiger partial charge is 0.338 e. The van der Waals surface area contributed by atoms with Crippen LogP contribution in [0.4, 0.5) is 19.0 Å². The number of nitrogens with zero attached hydrogens (tertiary/aromatic N) is 2. The average Bonchev–Trinajstić information content (AvgIpc) is 3.21. The first kappa shape index (κ1) is 16.9. The molecule has 5 nitrogen and oxygen atoms in total. The number of anilines is 1. The Morgan fingerprint density at radius 3 is 2.56 bits per heavy atom. The highest BCUT2D eigenvalue weighted by Gasteiger charge is 2.11. The van der Waals surface area contributed by atoms with Crippen LogP contribution in [0.5, 0.6) is 0 Å². The van der Waals surface area contributed by atoms with Crippen molar-refractivity contribution >= 4 is 22.6 Å². The summed E-state index contributed by atoms with van der Waals surface area (Å²) in [7, 11) is 0. The van der Waals surface area contributed by atoms with Gasteiger partial charge in [-0.05, 0) is 41.8 Å². The normalized spacial score (nSPS) is 11.1. The van der Waals surface area contributed by atoms with Gasteiger partial charge in [0.1, 0.15) is 24.0 Å². The zero-order valence-electron chi connectivity index (χ0n) is 13.8. The summed E-state index contributed by atoms with van der Waals surface area (Å²) in [5.74, 6) is -1.97. The molecule has 2 aromatic heterocycles. The van der Waals surface area contributed by atoms with Crippen LogP contribution in [0.2, 0.25) is 0 Å². The minimum Gasteiger partial charge on any atom is -0.338 e. The van der Waals surface area contributed by atoms with E-state index >= 15 is 0 Å². The maximum Gasteiger partial charge on any atom is 0.245 e. The molecule has 0 spiro atoms. The SMILES string of the molecule is O=C(Cn1ccc2ccc(F)cc21)Nc1cc(-c2cc(F)cc(F)c2)[nH]n1. The standard InChI is InChI=1S/C19H13F3N4O/c20-13-2-1-11-3-4-26(17(11)8-13)10-19(27)23-18-9-16(24-25-18)12-5-14(21)7-15(22)6-12/h1-9H,10H2,(H2,23,24,25,27). The molecule has 0 saturated heterocycles. The van der Waals surface area contributed by atoms with E-state index in [-0.39, 0.29) is 29.7 Å². The zero-order chi connectivity index (χ0) is 19.0. The number of hydrogen-bond acceptors (Lipinski definition) is 2. The molecule has 136 valence electrons. The molecule has 0 unspecified atom stereocenters. The Morgan fingerprint density at radius 2 is 1.78 bits per heavy atom. The lowest BCUT2D eigenvalue weighted by Crippen LogP contribution is -2.18. The molecule has 0 aliphatic heterocycles. The number of halogens is 3. The molecule has 0 aliphatic rings. The predicted molar refractivity (Wildman–Crippen MR) is 94.5 cm³/mol. The van der Waals surface area contributed by atoms with E-state index in [1.807, 2.05) is 0 Å². The van der Waals surface area contributed by atoms with Gasteiger partial charge in [-0.15, -0.1) is 0 Å². The van der Waals surface area contributed by atoms with Crippen molar-refractivity contribution in [1.82, 2.24) is 14.8 Å². The van der Waals surface area contributed by atoms with Gasteiger partial charge in [0.05, 0.1) is 11.2 Å². The fourth-order valence-electron chi connectivity index (χ4n) is 2.88. The van der Waals surface area contributed by atoms with E-state index in [1.54, 1.807) is 22.9 Å². The first-order valence-corrected chi connectivity index (χ1v) is 8.04. The lowest BCUT2D eigenvalue weighted by atomic mass is 10.1. The molecule has 4 rings (SSSR count). The molecular weight excluding hydrogens is 357 g/mol. The monoisotopic (exact) mass is 370 g/mol. The molecular formula is C19H13F3N4O. The second-order valence-corrected chi connectivity index (χ2v) is 6.02. The summed E-state index contributed by atoms with van der Waals surface area (Å²) < 4.78 is 41.7. The number of hydrogen-bond donors (Lipinski definition) is 2. The van der Waals surface area contributed by atoms with Crippen LogP contribution in [0.1, 0.15) is 0 Å². The summed E-state index contributed by atoms with van der Waals surface area (Å²) in [6.07, 6.45) is 1.69. The molecule has 0 aliphatic carbocycles. The van der Waals surface area contributed by atoms with Gasteiger partial charge in [0.15, 0.2) is 5.82 Å². The highest BCUT2D eigenvalue weighted by atomic mass is 19.1. The van der Waals surface area contributed by atoms with Crippen LogP contribution in [0, 0.1) is 17.5 Å². The summed E-state index contributed by atoms with van der Waals surface area (Å²) >= 11 is 0. The van der Waals surface area contributed by atoms with Crippen molar-refractivity contribution in [1.29, 1.82) is 0 Å².